The maximum Gasteiger partial charge on any atom is 0.345 e. The maximum absolute atomic E-state index is 6.49. The Bertz CT molecular complexity index is 264. The first kappa shape index (κ1) is 14.5. The quantitative estimate of drug-likeness (QED) is 0.599. The zero-order chi connectivity index (χ0) is 13.3. The third-order valence-electron chi connectivity index (χ3n) is 4.09. The smallest absolute Gasteiger partial charge is 0.345 e. The normalized spacial score (nSPS) is 28.2. The third kappa shape index (κ3) is 3.17. The molecule has 0 aromatic rings. The molecular weight excluding hydrogens is 240 g/mol. The van der Waals surface area contributed by atoms with E-state index in [1.807, 2.05) is 0 Å². The summed E-state index contributed by atoms with van der Waals surface area (Å²) < 4.78 is 13.0. The summed E-state index contributed by atoms with van der Waals surface area (Å²) in [6, 6.07) is 0. The van der Waals surface area contributed by atoms with Gasteiger partial charge < -0.3 is 8.85 Å². The summed E-state index contributed by atoms with van der Waals surface area (Å²) in [5.74, 6) is 0.903. The summed E-state index contributed by atoms with van der Waals surface area (Å²) in [7, 11) is -1.95. The topological polar surface area (TPSA) is 18.5 Å². The lowest BCUT2D eigenvalue weighted by Crippen LogP contribution is -2.47. The Morgan fingerprint density at radius 3 is 2.00 bits per heavy atom. The van der Waals surface area contributed by atoms with Crippen LogP contribution < -0.4 is 0 Å². The summed E-state index contributed by atoms with van der Waals surface area (Å²) in [6.07, 6.45) is 7.38. The van der Waals surface area contributed by atoms with Crippen molar-refractivity contribution in [1.82, 2.24) is 0 Å². The molecule has 2 aliphatic rings. The summed E-state index contributed by atoms with van der Waals surface area (Å²) in [6.45, 7) is 11.0. The van der Waals surface area contributed by atoms with Crippen molar-refractivity contribution < 1.29 is 8.85 Å². The average molecular weight is 270 g/mol. The second kappa shape index (κ2) is 5.64. The number of rotatable bonds is 8. The van der Waals surface area contributed by atoms with Crippen LogP contribution >= 0.6 is 0 Å². The van der Waals surface area contributed by atoms with Crippen LogP contribution in [0.15, 0.2) is 0 Å². The number of hydrogen-bond acceptors (Lipinski definition) is 2. The Labute approximate surface area is 114 Å². The summed E-state index contributed by atoms with van der Waals surface area (Å²) in [4.78, 5) is 0. The van der Waals surface area contributed by atoms with Crippen LogP contribution in [-0.4, -0.2) is 20.8 Å². The predicted octanol–water partition coefficient (Wildman–Crippen LogP) is 4.63. The van der Waals surface area contributed by atoms with Gasteiger partial charge in [0.1, 0.15) is 0 Å². The van der Waals surface area contributed by atoms with Gasteiger partial charge >= 0.3 is 8.56 Å². The number of hydrogen-bond donors (Lipinski definition) is 0. The third-order valence-corrected chi connectivity index (χ3v) is 9.22. The van der Waals surface area contributed by atoms with Crippen LogP contribution in [0.1, 0.15) is 66.7 Å². The minimum atomic E-state index is -1.95. The molecule has 0 N–H and O–H groups in total. The van der Waals surface area contributed by atoms with E-state index in [1.54, 1.807) is 0 Å². The van der Waals surface area contributed by atoms with Crippen LogP contribution in [0.25, 0.3) is 0 Å². The van der Waals surface area contributed by atoms with E-state index in [4.69, 9.17) is 8.85 Å². The molecule has 18 heavy (non-hydrogen) atoms. The van der Waals surface area contributed by atoms with Crippen molar-refractivity contribution in [2.24, 2.45) is 5.92 Å². The van der Waals surface area contributed by atoms with Gasteiger partial charge in [-0.05, 0) is 52.9 Å². The molecule has 0 saturated heterocycles. The highest BCUT2D eigenvalue weighted by atomic mass is 28.4. The first-order valence-corrected chi connectivity index (χ1v) is 9.82. The Morgan fingerprint density at radius 2 is 1.61 bits per heavy atom. The van der Waals surface area contributed by atoms with Crippen LogP contribution in [0.2, 0.25) is 11.1 Å². The van der Waals surface area contributed by atoms with E-state index in [2.05, 4.69) is 34.6 Å². The highest BCUT2D eigenvalue weighted by Gasteiger charge is 2.65. The van der Waals surface area contributed by atoms with Crippen molar-refractivity contribution in [3.05, 3.63) is 0 Å². The molecule has 0 spiro atoms. The van der Waals surface area contributed by atoms with E-state index in [9.17, 15) is 0 Å². The van der Waals surface area contributed by atoms with Gasteiger partial charge in [0.25, 0.3) is 0 Å². The molecule has 0 aromatic carbocycles. The lowest BCUT2D eigenvalue weighted by atomic mass is 10.2. The molecule has 0 heterocycles. The molecule has 2 aliphatic carbocycles. The summed E-state index contributed by atoms with van der Waals surface area (Å²) in [5, 5.41) is 0. The Balaban J connectivity index is 2.09. The van der Waals surface area contributed by atoms with E-state index in [0.29, 0.717) is 12.2 Å². The van der Waals surface area contributed by atoms with Gasteiger partial charge in [-0.2, -0.15) is 0 Å². The fourth-order valence-corrected chi connectivity index (χ4v) is 8.65. The molecule has 2 atom stereocenters. The molecule has 3 heteroatoms. The fourth-order valence-electron chi connectivity index (χ4n) is 3.35. The van der Waals surface area contributed by atoms with Crippen LogP contribution in [0.4, 0.5) is 0 Å². The van der Waals surface area contributed by atoms with Gasteiger partial charge in [0.05, 0.1) is 0 Å². The van der Waals surface area contributed by atoms with E-state index in [0.717, 1.165) is 17.0 Å². The van der Waals surface area contributed by atoms with Gasteiger partial charge in [0.2, 0.25) is 0 Å². The van der Waals surface area contributed by atoms with E-state index < -0.39 is 8.56 Å². The molecule has 2 unspecified atom stereocenters. The molecule has 0 aromatic heterocycles. The second-order valence-electron chi connectivity index (χ2n) is 6.72. The van der Waals surface area contributed by atoms with Crippen LogP contribution in [0.3, 0.4) is 0 Å². The zero-order valence-corrected chi connectivity index (χ0v) is 13.7. The molecule has 0 bridgehead atoms. The molecular formula is C15H30O2Si. The monoisotopic (exact) mass is 270 g/mol. The predicted molar refractivity (Wildman–Crippen MR) is 77.9 cm³/mol. The molecule has 0 aliphatic heterocycles. The molecule has 2 saturated carbocycles. The van der Waals surface area contributed by atoms with Crippen LogP contribution in [-0.2, 0) is 8.85 Å². The van der Waals surface area contributed by atoms with Crippen molar-refractivity contribution in [1.29, 1.82) is 0 Å². The Kier molecular flexibility index (Phi) is 4.55. The molecule has 2 nitrogen and oxygen atoms in total. The second-order valence-corrected chi connectivity index (χ2v) is 10.2. The lowest BCUT2D eigenvalue weighted by molar-refractivity contribution is 0.100. The Hall–Kier alpha value is 0.137. The van der Waals surface area contributed by atoms with Gasteiger partial charge in [-0.3, -0.25) is 0 Å². The largest absolute Gasteiger partial charge is 0.391 e. The van der Waals surface area contributed by atoms with Gasteiger partial charge in [-0.15, -0.1) is 0 Å². The summed E-state index contributed by atoms with van der Waals surface area (Å²) in [5.41, 5.74) is 1.57. The molecule has 106 valence electrons. The van der Waals surface area contributed by atoms with Crippen molar-refractivity contribution >= 4 is 8.56 Å². The zero-order valence-electron chi connectivity index (χ0n) is 12.7. The van der Waals surface area contributed by atoms with Crippen molar-refractivity contribution in [2.45, 2.75) is 90.0 Å². The first-order valence-electron chi connectivity index (χ1n) is 7.85. The highest BCUT2D eigenvalue weighted by Crippen LogP contribution is 2.63. The van der Waals surface area contributed by atoms with Crippen LogP contribution in [0.5, 0.6) is 0 Å². The first-order chi connectivity index (χ1) is 8.49. The van der Waals surface area contributed by atoms with Gasteiger partial charge in [-0.25, -0.2) is 0 Å². The van der Waals surface area contributed by atoms with E-state index in [1.165, 1.54) is 32.1 Å². The molecule has 0 amide bonds. The van der Waals surface area contributed by atoms with E-state index >= 15 is 0 Å². The van der Waals surface area contributed by atoms with Crippen LogP contribution in [0, 0.1) is 5.92 Å². The SMILES string of the molecule is CCCC1CC1[Si](OC(C)C)(OC(C)C)C1CC1. The van der Waals surface area contributed by atoms with Gasteiger partial charge in [-0.1, -0.05) is 19.8 Å². The van der Waals surface area contributed by atoms with Gasteiger partial charge in [0.15, 0.2) is 0 Å². The minimum Gasteiger partial charge on any atom is -0.391 e. The van der Waals surface area contributed by atoms with Gasteiger partial charge in [0, 0.05) is 23.3 Å². The maximum atomic E-state index is 6.49. The minimum absolute atomic E-state index is 0.318. The Morgan fingerprint density at radius 1 is 1.06 bits per heavy atom. The average Bonchev–Trinajstić information content (AvgIpc) is 3.11. The molecule has 2 fully saturated rings. The molecule has 0 radical (unpaired) electrons. The lowest BCUT2D eigenvalue weighted by Gasteiger charge is -2.35. The molecule has 2 rings (SSSR count). The highest BCUT2D eigenvalue weighted by molar-refractivity contribution is 6.72. The van der Waals surface area contributed by atoms with Crippen molar-refractivity contribution in [2.75, 3.05) is 0 Å². The standard InChI is InChI=1S/C15H30O2Si/c1-6-7-13-10-15(13)18(14-8-9-14,16-11(2)3)17-12(4)5/h11-15H,6-10H2,1-5H3. The van der Waals surface area contributed by atoms with E-state index in [-0.39, 0.29) is 0 Å². The fraction of sp³-hybridized carbons (Fsp3) is 1.00. The van der Waals surface area contributed by atoms with Crippen molar-refractivity contribution in [3.63, 3.8) is 0 Å². The van der Waals surface area contributed by atoms with Crippen molar-refractivity contribution in [3.8, 4) is 0 Å². The summed E-state index contributed by atoms with van der Waals surface area (Å²) >= 11 is 0.